The number of nitro groups is 1. The molecule has 0 N–H and O–H groups in total. The average Bonchev–Trinajstić information content (AvgIpc) is 3.28. The summed E-state index contributed by atoms with van der Waals surface area (Å²) in [6.07, 6.45) is 3.02. The molecule has 0 aliphatic heterocycles. The van der Waals surface area contributed by atoms with Gasteiger partial charge >= 0.3 is 6.09 Å². The minimum Gasteiger partial charge on any atom is -0.449 e. The van der Waals surface area contributed by atoms with Crippen molar-refractivity contribution in [1.29, 1.82) is 0 Å². The monoisotopic (exact) mass is 310 g/mol. The summed E-state index contributed by atoms with van der Waals surface area (Å²) >= 11 is 0. The molecule has 0 aromatic heterocycles. The topological polar surface area (TPSA) is 72.7 Å². The van der Waals surface area contributed by atoms with Crippen molar-refractivity contribution < 1.29 is 18.8 Å². The van der Waals surface area contributed by atoms with E-state index in [-0.39, 0.29) is 18.3 Å². The Hall–Kier alpha value is -2.18. The molecule has 0 bridgehead atoms. The van der Waals surface area contributed by atoms with Crippen LogP contribution in [0.2, 0.25) is 0 Å². The van der Waals surface area contributed by atoms with Crippen LogP contribution in [0.15, 0.2) is 18.2 Å². The van der Waals surface area contributed by atoms with E-state index in [2.05, 4.69) is 0 Å². The fraction of sp³-hybridized carbons (Fsp3) is 0.533. The summed E-state index contributed by atoms with van der Waals surface area (Å²) in [4.78, 5) is 23.7. The molecule has 0 unspecified atom stereocenters. The molecule has 7 heteroatoms. The molecule has 1 aromatic rings. The zero-order chi connectivity index (χ0) is 16.1. The lowest BCUT2D eigenvalue weighted by Gasteiger charge is -2.22. The Bertz CT molecular complexity index is 560. The zero-order valence-corrected chi connectivity index (χ0v) is 12.5. The molecule has 0 spiro atoms. The number of amides is 1. The Morgan fingerprint density at radius 3 is 2.77 bits per heavy atom. The number of hydrogen-bond donors (Lipinski definition) is 0. The summed E-state index contributed by atoms with van der Waals surface area (Å²) in [6, 6.07) is 3.45. The number of hydrogen-bond acceptors (Lipinski definition) is 4. The first kappa shape index (κ1) is 16.2. The zero-order valence-electron chi connectivity index (χ0n) is 12.5. The van der Waals surface area contributed by atoms with Gasteiger partial charge in [-0.2, -0.15) is 0 Å². The molecule has 1 saturated carbocycles. The third-order valence-corrected chi connectivity index (χ3v) is 3.45. The second-order valence-corrected chi connectivity index (χ2v) is 5.40. The SMILES string of the molecule is CCCCOC(=O)N(Cc1cc(F)cc([N+](=O)[O-])c1)C1CC1. The van der Waals surface area contributed by atoms with Crippen LogP contribution in [0, 0.1) is 15.9 Å². The first-order chi connectivity index (χ1) is 10.5. The predicted octanol–water partition coefficient (Wildman–Crippen LogP) is 3.64. The quantitative estimate of drug-likeness (QED) is 0.438. The number of nitro benzene ring substituents is 1. The molecule has 2 rings (SSSR count). The van der Waals surface area contributed by atoms with Gasteiger partial charge in [-0.25, -0.2) is 9.18 Å². The van der Waals surface area contributed by atoms with Gasteiger partial charge in [-0.1, -0.05) is 13.3 Å². The highest BCUT2D eigenvalue weighted by atomic mass is 19.1. The lowest BCUT2D eigenvalue weighted by atomic mass is 10.2. The summed E-state index contributed by atoms with van der Waals surface area (Å²) in [5.74, 6) is -0.681. The molecule has 1 aromatic carbocycles. The number of nitrogens with zero attached hydrogens (tertiary/aromatic N) is 2. The van der Waals surface area contributed by atoms with Crippen molar-refractivity contribution in [2.45, 2.75) is 45.2 Å². The van der Waals surface area contributed by atoms with Gasteiger partial charge in [0.05, 0.1) is 17.6 Å². The molecular weight excluding hydrogens is 291 g/mol. The number of unbranched alkanes of at least 4 members (excludes halogenated alkanes) is 1. The molecule has 22 heavy (non-hydrogen) atoms. The van der Waals surface area contributed by atoms with Crippen LogP contribution < -0.4 is 0 Å². The van der Waals surface area contributed by atoms with Gasteiger partial charge in [-0.3, -0.25) is 10.1 Å². The third kappa shape index (κ3) is 4.41. The van der Waals surface area contributed by atoms with Crippen molar-refractivity contribution in [2.24, 2.45) is 0 Å². The third-order valence-electron chi connectivity index (χ3n) is 3.45. The van der Waals surface area contributed by atoms with E-state index >= 15 is 0 Å². The van der Waals surface area contributed by atoms with Crippen LogP contribution in [0.3, 0.4) is 0 Å². The Balaban J connectivity index is 2.08. The number of halogens is 1. The largest absolute Gasteiger partial charge is 0.449 e. The van der Waals surface area contributed by atoms with Crippen LogP contribution in [-0.4, -0.2) is 28.6 Å². The van der Waals surface area contributed by atoms with Crippen molar-refractivity contribution in [3.05, 3.63) is 39.7 Å². The number of ether oxygens (including phenoxy) is 1. The normalized spacial score (nSPS) is 13.7. The van der Waals surface area contributed by atoms with Crippen molar-refractivity contribution in [3.8, 4) is 0 Å². The van der Waals surface area contributed by atoms with E-state index in [0.29, 0.717) is 12.2 Å². The highest BCUT2D eigenvalue weighted by Gasteiger charge is 2.33. The molecule has 1 aliphatic rings. The van der Waals surface area contributed by atoms with Gasteiger partial charge in [0.2, 0.25) is 0 Å². The second-order valence-electron chi connectivity index (χ2n) is 5.40. The molecule has 0 heterocycles. The number of carbonyl (C=O) groups excluding carboxylic acids is 1. The molecule has 0 saturated heterocycles. The van der Waals surface area contributed by atoms with Gasteiger partial charge in [0.1, 0.15) is 5.82 Å². The fourth-order valence-corrected chi connectivity index (χ4v) is 2.14. The lowest BCUT2D eigenvalue weighted by Crippen LogP contribution is -2.33. The first-order valence-electron chi connectivity index (χ1n) is 7.38. The standard InChI is InChI=1S/C15H19FN2O4/c1-2-3-6-22-15(19)17(13-4-5-13)10-11-7-12(16)9-14(8-11)18(20)21/h7-9,13H,2-6,10H2,1H3. The summed E-state index contributed by atoms with van der Waals surface area (Å²) in [5, 5.41) is 10.8. The van der Waals surface area contributed by atoms with Crippen molar-refractivity contribution >= 4 is 11.8 Å². The summed E-state index contributed by atoms with van der Waals surface area (Å²) in [6.45, 7) is 2.47. The predicted molar refractivity (Wildman–Crippen MR) is 77.9 cm³/mol. The molecule has 1 aliphatic carbocycles. The molecular formula is C15H19FN2O4. The maximum absolute atomic E-state index is 13.5. The highest BCUT2D eigenvalue weighted by molar-refractivity contribution is 5.68. The average molecular weight is 310 g/mol. The fourth-order valence-electron chi connectivity index (χ4n) is 2.14. The van der Waals surface area contributed by atoms with Crippen molar-refractivity contribution in [2.75, 3.05) is 6.61 Å². The Labute approximate surface area is 128 Å². The number of rotatable bonds is 7. The molecule has 0 radical (unpaired) electrons. The van der Waals surface area contributed by atoms with E-state index < -0.39 is 16.8 Å². The number of benzene rings is 1. The first-order valence-corrected chi connectivity index (χ1v) is 7.38. The molecule has 1 amide bonds. The molecule has 1 fully saturated rings. The maximum Gasteiger partial charge on any atom is 0.410 e. The van der Waals surface area contributed by atoms with E-state index in [0.717, 1.165) is 31.7 Å². The van der Waals surface area contributed by atoms with Crippen molar-refractivity contribution in [1.82, 2.24) is 4.90 Å². The van der Waals surface area contributed by atoms with E-state index in [9.17, 15) is 19.3 Å². The molecule has 0 atom stereocenters. The Morgan fingerprint density at radius 2 is 2.18 bits per heavy atom. The minimum atomic E-state index is -0.681. The number of carbonyl (C=O) groups is 1. The lowest BCUT2D eigenvalue weighted by molar-refractivity contribution is -0.385. The van der Waals surface area contributed by atoms with Gasteiger partial charge in [-0.05, 0) is 30.9 Å². The van der Waals surface area contributed by atoms with Crippen LogP contribution in [0.5, 0.6) is 0 Å². The summed E-state index contributed by atoms with van der Waals surface area (Å²) < 4.78 is 18.7. The van der Waals surface area contributed by atoms with Crippen LogP contribution in [0.4, 0.5) is 14.9 Å². The van der Waals surface area contributed by atoms with Crippen LogP contribution >= 0.6 is 0 Å². The second kappa shape index (κ2) is 7.20. The van der Waals surface area contributed by atoms with Crippen LogP contribution in [-0.2, 0) is 11.3 Å². The van der Waals surface area contributed by atoms with Gasteiger partial charge in [-0.15, -0.1) is 0 Å². The van der Waals surface area contributed by atoms with Gasteiger partial charge in [0, 0.05) is 18.7 Å². The Kier molecular flexibility index (Phi) is 5.30. The summed E-state index contributed by atoms with van der Waals surface area (Å²) in [5.41, 5.74) is 0.0798. The number of non-ortho nitro benzene ring substituents is 1. The van der Waals surface area contributed by atoms with Gasteiger partial charge in [0.15, 0.2) is 0 Å². The van der Waals surface area contributed by atoms with E-state index in [1.165, 1.54) is 17.0 Å². The van der Waals surface area contributed by atoms with E-state index in [4.69, 9.17) is 4.74 Å². The van der Waals surface area contributed by atoms with E-state index in [1.807, 2.05) is 6.92 Å². The van der Waals surface area contributed by atoms with Gasteiger partial charge < -0.3 is 9.64 Å². The Morgan fingerprint density at radius 1 is 1.45 bits per heavy atom. The highest BCUT2D eigenvalue weighted by Crippen LogP contribution is 2.29. The maximum atomic E-state index is 13.5. The molecule has 120 valence electrons. The van der Waals surface area contributed by atoms with Gasteiger partial charge in [0.25, 0.3) is 5.69 Å². The van der Waals surface area contributed by atoms with Crippen molar-refractivity contribution in [3.63, 3.8) is 0 Å². The van der Waals surface area contributed by atoms with Crippen LogP contribution in [0.25, 0.3) is 0 Å². The van der Waals surface area contributed by atoms with Crippen LogP contribution in [0.1, 0.15) is 38.2 Å². The summed E-state index contributed by atoms with van der Waals surface area (Å²) in [7, 11) is 0. The minimum absolute atomic E-state index is 0.0800. The molecule has 6 nitrogen and oxygen atoms in total. The van der Waals surface area contributed by atoms with E-state index in [1.54, 1.807) is 0 Å². The smallest absolute Gasteiger partial charge is 0.410 e.